The molecule has 0 aromatic heterocycles. The molecule has 0 aliphatic rings. The van der Waals surface area contributed by atoms with E-state index in [1.54, 1.807) is 30.3 Å². The number of carbonyl (C=O) groups is 1. The van der Waals surface area contributed by atoms with Gasteiger partial charge in [-0.25, -0.2) is 0 Å². The van der Waals surface area contributed by atoms with Crippen LogP contribution in [0.1, 0.15) is 10.4 Å². The van der Waals surface area contributed by atoms with Gasteiger partial charge in [0, 0.05) is 21.2 Å². The minimum atomic E-state index is 0.387. The molecule has 0 unspecified atom stereocenters. The van der Waals surface area contributed by atoms with Crippen molar-refractivity contribution in [2.24, 2.45) is 0 Å². The van der Waals surface area contributed by atoms with Gasteiger partial charge in [0.05, 0.1) is 10.0 Å². The zero-order valence-corrected chi connectivity index (χ0v) is 11.9. The Labute approximate surface area is 124 Å². The van der Waals surface area contributed by atoms with E-state index in [-0.39, 0.29) is 0 Å². The van der Waals surface area contributed by atoms with Gasteiger partial charge in [-0.05, 0) is 29.8 Å². The van der Waals surface area contributed by atoms with E-state index in [4.69, 9.17) is 46.4 Å². The standard InChI is InChI=1S/C13H6Cl4O/c14-8-1-2-10(7(3-8)6-18)13-11(16)4-9(15)5-12(13)17/h1-6H. The molecule has 0 saturated carbocycles. The third kappa shape index (κ3) is 2.65. The van der Waals surface area contributed by atoms with Gasteiger partial charge in [-0.1, -0.05) is 52.5 Å². The minimum Gasteiger partial charge on any atom is -0.298 e. The number of aldehydes is 1. The molecule has 5 heteroatoms. The van der Waals surface area contributed by atoms with Crippen molar-refractivity contribution in [3.05, 3.63) is 56.0 Å². The molecule has 0 amide bonds. The average Bonchev–Trinajstić information content (AvgIpc) is 2.29. The second-order valence-corrected chi connectivity index (χ2v) is 5.28. The molecule has 2 aromatic rings. The van der Waals surface area contributed by atoms with Crippen LogP contribution in [0.4, 0.5) is 0 Å². The van der Waals surface area contributed by atoms with Gasteiger partial charge in [-0.15, -0.1) is 0 Å². The van der Waals surface area contributed by atoms with Crippen molar-refractivity contribution in [3.8, 4) is 11.1 Å². The quantitative estimate of drug-likeness (QED) is 0.641. The molecule has 0 spiro atoms. The van der Waals surface area contributed by atoms with Gasteiger partial charge >= 0.3 is 0 Å². The number of benzene rings is 2. The van der Waals surface area contributed by atoms with Crippen molar-refractivity contribution in [2.45, 2.75) is 0 Å². The second-order valence-electron chi connectivity index (χ2n) is 3.59. The van der Waals surface area contributed by atoms with Crippen molar-refractivity contribution in [3.63, 3.8) is 0 Å². The van der Waals surface area contributed by atoms with Crippen molar-refractivity contribution >= 4 is 52.7 Å². The predicted octanol–water partition coefficient (Wildman–Crippen LogP) is 5.78. The first-order valence-corrected chi connectivity index (χ1v) is 6.43. The second kappa shape index (κ2) is 5.50. The van der Waals surface area contributed by atoms with Gasteiger partial charge in [0.15, 0.2) is 6.29 Å². The summed E-state index contributed by atoms with van der Waals surface area (Å²) in [5.74, 6) is 0. The lowest BCUT2D eigenvalue weighted by molar-refractivity contribution is 0.112. The van der Waals surface area contributed by atoms with Crippen molar-refractivity contribution in [1.82, 2.24) is 0 Å². The summed E-state index contributed by atoms with van der Waals surface area (Å²) in [6, 6.07) is 8.09. The number of rotatable bonds is 2. The van der Waals surface area contributed by atoms with Crippen molar-refractivity contribution in [1.29, 1.82) is 0 Å². The fraction of sp³-hybridized carbons (Fsp3) is 0. The highest BCUT2D eigenvalue weighted by atomic mass is 35.5. The van der Waals surface area contributed by atoms with Crippen LogP contribution in [-0.2, 0) is 0 Å². The average molecular weight is 320 g/mol. The Morgan fingerprint density at radius 2 is 1.44 bits per heavy atom. The lowest BCUT2D eigenvalue weighted by atomic mass is 10.0. The molecule has 18 heavy (non-hydrogen) atoms. The fourth-order valence-corrected chi connectivity index (χ4v) is 2.86. The summed E-state index contributed by atoms with van der Waals surface area (Å²) >= 11 is 23.9. The summed E-state index contributed by atoms with van der Waals surface area (Å²) in [6.45, 7) is 0. The number of carbonyl (C=O) groups excluding carboxylic acids is 1. The van der Waals surface area contributed by atoms with Crippen LogP contribution in [0.2, 0.25) is 20.1 Å². The Kier molecular flexibility index (Phi) is 4.18. The van der Waals surface area contributed by atoms with E-state index >= 15 is 0 Å². The SMILES string of the molecule is O=Cc1cc(Cl)ccc1-c1c(Cl)cc(Cl)cc1Cl. The molecule has 0 fully saturated rings. The van der Waals surface area contributed by atoms with Crippen molar-refractivity contribution in [2.75, 3.05) is 0 Å². The van der Waals surface area contributed by atoms with Gasteiger partial charge in [-0.3, -0.25) is 4.79 Å². The van der Waals surface area contributed by atoms with Gasteiger partial charge in [0.1, 0.15) is 0 Å². The zero-order valence-electron chi connectivity index (χ0n) is 8.88. The topological polar surface area (TPSA) is 17.1 Å². The zero-order chi connectivity index (χ0) is 13.3. The summed E-state index contributed by atoms with van der Waals surface area (Å²) in [5, 5.41) is 1.69. The molecule has 2 aromatic carbocycles. The lowest BCUT2D eigenvalue weighted by Gasteiger charge is -2.10. The molecule has 0 saturated heterocycles. The first-order chi connectivity index (χ1) is 8.52. The maximum Gasteiger partial charge on any atom is 0.150 e. The summed E-state index contributed by atoms with van der Waals surface area (Å²) in [7, 11) is 0. The van der Waals surface area contributed by atoms with Crippen LogP contribution in [0.25, 0.3) is 11.1 Å². The van der Waals surface area contributed by atoms with Crippen LogP contribution in [0.5, 0.6) is 0 Å². The largest absolute Gasteiger partial charge is 0.298 e. The molecular weight excluding hydrogens is 314 g/mol. The Bertz CT molecular complexity index is 599. The van der Waals surface area contributed by atoms with Crippen LogP contribution in [-0.4, -0.2) is 6.29 Å². The number of hydrogen-bond donors (Lipinski definition) is 0. The third-order valence-electron chi connectivity index (χ3n) is 2.42. The highest BCUT2D eigenvalue weighted by Crippen LogP contribution is 2.38. The lowest BCUT2D eigenvalue weighted by Crippen LogP contribution is -1.90. The van der Waals surface area contributed by atoms with E-state index in [2.05, 4.69) is 0 Å². The Morgan fingerprint density at radius 3 is 2.00 bits per heavy atom. The summed E-state index contributed by atoms with van der Waals surface area (Å²) in [5.41, 5.74) is 1.62. The maximum absolute atomic E-state index is 11.1. The minimum absolute atomic E-state index is 0.387. The van der Waals surface area contributed by atoms with Gasteiger partial charge < -0.3 is 0 Å². The van der Waals surface area contributed by atoms with Gasteiger partial charge in [0.25, 0.3) is 0 Å². The van der Waals surface area contributed by atoms with Gasteiger partial charge in [0.2, 0.25) is 0 Å². The summed E-state index contributed by atoms with van der Waals surface area (Å²) in [6.07, 6.45) is 0.711. The summed E-state index contributed by atoms with van der Waals surface area (Å²) in [4.78, 5) is 11.1. The van der Waals surface area contributed by atoms with Crippen LogP contribution >= 0.6 is 46.4 Å². The molecule has 2 rings (SSSR count). The van der Waals surface area contributed by atoms with E-state index < -0.39 is 0 Å². The predicted molar refractivity (Wildman–Crippen MR) is 77.3 cm³/mol. The molecule has 0 aliphatic heterocycles. The fourth-order valence-electron chi connectivity index (χ4n) is 1.66. The van der Waals surface area contributed by atoms with E-state index in [0.717, 1.165) is 0 Å². The monoisotopic (exact) mass is 318 g/mol. The maximum atomic E-state index is 11.1. The van der Waals surface area contributed by atoms with E-state index in [0.29, 0.717) is 43.1 Å². The van der Waals surface area contributed by atoms with Crippen LogP contribution in [0, 0.1) is 0 Å². The number of hydrogen-bond acceptors (Lipinski definition) is 1. The van der Waals surface area contributed by atoms with Gasteiger partial charge in [-0.2, -0.15) is 0 Å². The van der Waals surface area contributed by atoms with E-state index in [9.17, 15) is 4.79 Å². The van der Waals surface area contributed by atoms with Crippen LogP contribution in [0.3, 0.4) is 0 Å². The van der Waals surface area contributed by atoms with Crippen LogP contribution in [0.15, 0.2) is 30.3 Å². The molecule has 0 radical (unpaired) electrons. The van der Waals surface area contributed by atoms with E-state index in [1.165, 1.54) is 0 Å². The van der Waals surface area contributed by atoms with Crippen LogP contribution < -0.4 is 0 Å². The summed E-state index contributed by atoms with van der Waals surface area (Å²) < 4.78 is 0. The molecule has 92 valence electrons. The molecule has 1 nitrogen and oxygen atoms in total. The Hall–Kier alpha value is -0.730. The first kappa shape index (κ1) is 13.7. The van der Waals surface area contributed by atoms with E-state index in [1.807, 2.05) is 0 Å². The molecule has 0 atom stereocenters. The molecule has 0 N–H and O–H groups in total. The normalized spacial score (nSPS) is 10.4. The smallest absolute Gasteiger partial charge is 0.150 e. The molecule has 0 bridgehead atoms. The molecular formula is C13H6Cl4O. The Morgan fingerprint density at radius 1 is 0.833 bits per heavy atom. The van der Waals surface area contributed by atoms with Crippen molar-refractivity contribution < 1.29 is 4.79 Å². The molecule has 0 heterocycles. The highest BCUT2D eigenvalue weighted by molar-refractivity contribution is 6.42. The highest BCUT2D eigenvalue weighted by Gasteiger charge is 2.13. The number of halogens is 4. The molecule has 0 aliphatic carbocycles. The third-order valence-corrected chi connectivity index (χ3v) is 3.47. The first-order valence-electron chi connectivity index (χ1n) is 4.92. The Balaban J connectivity index is 2.73.